The van der Waals surface area contributed by atoms with Crippen LogP contribution in [0.3, 0.4) is 0 Å². The van der Waals surface area contributed by atoms with Crippen LogP contribution in [0.2, 0.25) is 0 Å². The molecule has 0 aliphatic carbocycles. The summed E-state index contributed by atoms with van der Waals surface area (Å²) < 4.78 is 0. The van der Waals surface area contributed by atoms with Gasteiger partial charge in [0.15, 0.2) is 0 Å². The Morgan fingerprint density at radius 3 is 2.47 bits per heavy atom. The smallest absolute Gasteiger partial charge is 0.318 e. The van der Waals surface area contributed by atoms with Gasteiger partial charge in [0, 0.05) is 12.7 Å². The lowest BCUT2D eigenvalue weighted by molar-refractivity contribution is -0.118. The first-order valence-electron chi connectivity index (χ1n) is 4.83. The van der Waals surface area contributed by atoms with Crippen molar-refractivity contribution >= 4 is 17.6 Å². The number of carbonyl (C=O) groups excluding carboxylic acids is 2. The summed E-state index contributed by atoms with van der Waals surface area (Å²) in [5.74, 6) is -0.482. The van der Waals surface area contributed by atoms with Crippen molar-refractivity contribution in [1.29, 1.82) is 5.26 Å². The third-order valence-corrected chi connectivity index (χ3v) is 2.08. The predicted octanol–water partition coefficient (Wildman–Crippen LogP) is 0.189. The molecule has 3 N–H and O–H groups in total. The summed E-state index contributed by atoms with van der Waals surface area (Å²) >= 11 is 0. The van der Waals surface area contributed by atoms with E-state index in [1.165, 1.54) is 0 Å². The Balaban J connectivity index is 2.63. The van der Waals surface area contributed by atoms with Crippen LogP contribution in [0.5, 0.6) is 0 Å². The number of nitrogens with one attached hydrogen (secondary N) is 1. The molecule has 0 spiro atoms. The number of nitriles is 1. The van der Waals surface area contributed by atoms with Gasteiger partial charge in [0.05, 0.1) is 18.2 Å². The molecule has 0 aromatic heterocycles. The van der Waals surface area contributed by atoms with E-state index in [0.29, 0.717) is 5.56 Å². The first-order valence-corrected chi connectivity index (χ1v) is 4.83. The first kappa shape index (κ1) is 12.5. The molecule has 1 aromatic rings. The van der Waals surface area contributed by atoms with Crippen molar-refractivity contribution in [2.24, 2.45) is 5.73 Å². The van der Waals surface area contributed by atoms with Crippen LogP contribution in [-0.2, 0) is 4.79 Å². The van der Waals surface area contributed by atoms with E-state index in [1.54, 1.807) is 36.2 Å². The summed E-state index contributed by atoms with van der Waals surface area (Å²) in [4.78, 5) is 23.3. The van der Waals surface area contributed by atoms with E-state index >= 15 is 0 Å². The van der Waals surface area contributed by atoms with E-state index in [-0.39, 0.29) is 6.54 Å². The van der Waals surface area contributed by atoms with Crippen molar-refractivity contribution in [3.8, 4) is 6.07 Å². The molecule has 3 amide bonds. The fourth-order valence-electron chi connectivity index (χ4n) is 1.27. The van der Waals surface area contributed by atoms with E-state index in [0.717, 1.165) is 5.69 Å². The Labute approximate surface area is 98.6 Å². The molecular weight excluding hydrogens is 220 g/mol. The van der Waals surface area contributed by atoms with Gasteiger partial charge in [0.2, 0.25) is 5.91 Å². The molecule has 88 valence electrons. The molecule has 6 heteroatoms. The lowest BCUT2D eigenvalue weighted by Gasteiger charge is -2.18. The first-order chi connectivity index (χ1) is 8.02. The SMILES string of the molecule is CN(CC(=O)NC(N)=O)c1ccc(C#N)cc1. The maximum absolute atomic E-state index is 11.3. The van der Waals surface area contributed by atoms with Crippen LogP contribution < -0.4 is 16.0 Å². The van der Waals surface area contributed by atoms with E-state index < -0.39 is 11.9 Å². The third-order valence-electron chi connectivity index (χ3n) is 2.08. The monoisotopic (exact) mass is 232 g/mol. The summed E-state index contributed by atoms with van der Waals surface area (Å²) in [6.45, 7) is 0.00877. The van der Waals surface area contributed by atoms with Crippen molar-refractivity contribution in [3.05, 3.63) is 29.8 Å². The number of imide groups is 1. The van der Waals surface area contributed by atoms with Gasteiger partial charge in [-0.05, 0) is 24.3 Å². The minimum atomic E-state index is -0.872. The average Bonchev–Trinajstić information content (AvgIpc) is 2.28. The maximum Gasteiger partial charge on any atom is 0.318 e. The topological polar surface area (TPSA) is 99.2 Å². The molecule has 0 atom stereocenters. The quantitative estimate of drug-likeness (QED) is 0.776. The second-order valence-corrected chi connectivity index (χ2v) is 3.43. The standard InChI is InChI=1S/C11H12N4O2/c1-15(7-10(16)14-11(13)17)9-4-2-8(6-12)3-5-9/h2-5H,7H2,1H3,(H3,13,14,16,17). The Kier molecular flexibility index (Phi) is 4.06. The molecule has 17 heavy (non-hydrogen) atoms. The van der Waals surface area contributed by atoms with Crippen molar-refractivity contribution in [3.63, 3.8) is 0 Å². The Morgan fingerprint density at radius 2 is 2.00 bits per heavy atom. The Hall–Kier alpha value is -2.55. The number of primary amides is 1. The van der Waals surface area contributed by atoms with Crippen LogP contribution in [0.25, 0.3) is 0 Å². The number of hydrogen-bond acceptors (Lipinski definition) is 4. The average molecular weight is 232 g/mol. The van der Waals surface area contributed by atoms with Crippen LogP contribution in [-0.4, -0.2) is 25.5 Å². The summed E-state index contributed by atoms with van der Waals surface area (Å²) in [6, 6.07) is 7.87. The van der Waals surface area contributed by atoms with Crippen LogP contribution >= 0.6 is 0 Å². The lowest BCUT2D eigenvalue weighted by atomic mass is 10.2. The van der Waals surface area contributed by atoms with E-state index in [2.05, 4.69) is 0 Å². The van der Waals surface area contributed by atoms with Gasteiger partial charge >= 0.3 is 6.03 Å². The minimum absolute atomic E-state index is 0.00877. The number of hydrogen-bond donors (Lipinski definition) is 2. The molecule has 0 aliphatic rings. The molecule has 0 bridgehead atoms. The number of urea groups is 1. The summed E-state index contributed by atoms with van der Waals surface area (Å²) in [6.07, 6.45) is 0. The minimum Gasteiger partial charge on any atom is -0.365 e. The summed E-state index contributed by atoms with van der Waals surface area (Å²) in [5, 5.41) is 10.6. The van der Waals surface area contributed by atoms with Crippen LogP contribution in [0.4, 0.5) is 10.5 Å². The molecule has 0 aliphatic heterocycles. The van der Waals surface area contributed by atoms with Gasteiger partial charge in [-0.15, -0.1) is 0 Å². The summed E-state index contributed by atoms with van der Waals surface area (Å²) in [7, 11) is 1.70. The van der Waals surface area contributed by atoms with Gasteiger partial charge in [0.25, 0.3) is 0 Å². The molecule has 6 nitrogen and oxygen atoms in total. The number of carbonyl (C=O) groups is 2. The molecule has 0 heterocycles. The number of benzene rings is 1. The van der Waals surface area contributed by atoms with Gasteiger partial charge in [0.1, 0.15) is 0 Å². The van der Waals surface area contributed by atoms with Gasteiger partial charge in [-0.2, -0.15) is 5.26 Å². The molecule has 0 saturated heterocycles. The number of nitrogens with zero attached hydrogens (tertiary/aromatic N) is 2. The van der Waals surface area contributed by atoms with E-state index in [1.807, 2.05) is 11.4 Å². The normalized spacial score (nSPS) is 9.18. The van der Waals surface area contributed by atoms with Gasteiger partial charge in [-0.3, -0.25) is 10.1 Å². The van der Waals surface area contributed by atoms with E-state index in [9.17, 15) is 9.59 Å². The van der Waals surface area contributed by atoms with Gasteiger partial charge in [-0.1, -0.05) is 0 Å². The van der Waals surface area contributed by atoms with Gasteiger partial charge < -0.3 is 10.6 Å². The largest absolute Gasteiger partial charge is 0.365 e. The van der Waals surface area contributed by atoms with Crippen molar-refractivity contribution < 1.29 is 9.59 Å². The van der Waals surface area contributed by atoms with Crippen LogP contribution in [0, 0.1) is 11.3 Å². The second-order valence-electron chi connectivity index (χ2n) is 3.43. The highest BCUT2D eigenvalue weighted by Crippen LogP contribution is 2.12. The highest BCUT2D eigenvalue weighted by Gasteiger charge is 2.08. The fourth-order valence-corrected chi connectivity index (χ4v) is 1.27. The number of nitrogens with two attached hydrogens (primary N) is 1. The predicted molar refractivity (Wildman–Crippen MR) is 62.2 cm³/mol. The number of rotatable bonds is 3. The molecule has 0 fully saturated rings. The lowest BCUT2D eigenvalue weighted by Crippen LogP contribution is -2.41. The van der Waals surface area contributed by atoms with Crippen molar-refractivity contribution in [2.75, 3.05) is 18.5 Å². The number of likely N-dealkylation sites (N-methyl/N-ethyl adjacent to an activating group) is 1. The van der Waals surface area contributed by atoms with E-state index in [4.69, 9.17) is 11.0 Å². The second kappa shape index (κ2) is 5.51. The molecule has 0 unspecified atom stereocenters. The van der Waals surface area contributed by atoms with Crippen molar-refractivity contribution in [1.82, 2.24) is 5.32 Å². The maximum atomic E-state index is 11.3. The number of anilines is 1. The Morgan fingerprint density at radius 1 is 1.41 bits per heavy atom. The Bertz CT molecular complexity index is 461. The van der Waals surface area contributed by atoms with Crippen LogP contribution in [0.1, 0.15) is 5.56 Å². The summed E-state index contributed by atoms with van der Waals surface area (Å²) in [5.41, 5.74) is 6.13. The molecular formula is C11H12N4O2. The molecule has 0 radical (unpaired) electrons. The van der Waals surface area contributed by atoms with Crippen LogP contribution in [0.15, 0.2) is 24.3 Å². The third kappa shape index (κ3) is 3.83. The fraction of sp³-hybridized carbons (Fsp3) is 0.182. The molecule has 1 rings (SSSR count). The zero-order chi connectivity index (χ0) is 12.8. The molecule has 1 aromatic carbocycles. The highest BCUT2D eigenvalue weighted by atomic mass is 16.2. The zero-order valence-corrected chi connectivity index (χ0v) is 9.30. The van der Waals surface area contributed by atoms with Crippen molar-refractivity contribution in [2.45, 2.75) is 0 Å². The zero-order valence-electron chi connectivity index (χ0n) is 9.30. The molecule has 0 saturated carbocycles. The number of amides is 3. The van der Waals surface area contributed by atoms with Gasteiger partial charge in [-0.25, -0.2) is 4.79 Å². The highest BCUT2D eigenvalue weighted by molar-refractivity contribution is 5.95.